The predicted molar refractivity (Wildman–Crippen MR) is 63.3 cm³/mol. The van der Waals surface area contributed by atoms with Gasteiger partial charge in [0.1, 0.15) is 0 Å². The molecule has 0 aliphatic rings. The molecule has 0 saturated carbocycles. The maximum absolute atomic E-state index is 12.8. The van der Waals surface area contributed by atoms with Crippen molar-refractivity contribution >= 4 is 22.2 Å². The minimum absolute atomic E-state index is 0.0384. The van der Waals surface area contributed by atoms with Crippen molar-refractivity contribution in [2.24, 2.45) is 0 Å². The average molecular weight is 292 g/mol. The van der Waals surface area contributed by atoms with E-state index in [1.54, 1.807) is 6.07 Å². The fourth-order valence-electron chi connectivity index (χ4n) is 1.10. The van der Waals surface area contributed by atoms with Crippen molar-refractivity contribution in [1.29, 1.82) is 0 Å². The Kier molecular flexibility index (Phi) is 4.38. The molecule has 104 valence electrons. The molecule has 0 saturated heterocycles. The topological polar surface area (TPSA) is 80.7 Å². The van der Waals surface area contributed by atoms with Gasteiger partial charge in [-0.3, -0.25) is 4.55 Å². The van der Waals surface area contributed by atoms with E-state index in [0.717, 1.165) is 0 Å². The van der Waals surface area contributed by atoms with Crippen molar-refractivity contribution in [2.45, 2.75) is 5.25 Å². The van der Waals surface area contributed by atoms with Crippen molar-refractivity contribution in [1.82, 2.24) is 0 Å². The minimum atomic E-state index is -5.62. The number of halogens is 2. The van der Waals surface area contributed by atoms with Crippen LogP contribution in [0.15, 0.2) is 30.8 Å². The second kappa shape index (κ2) is 5.45. The lowest BCUT2D eigenvalue weighted by molar-refractivity contribution is -0.00950. The Balaban J connectivity index is 2.79. The normalized spacial score (nSPS) is 11.9. The highest BCUT2D eigenvalue weighted by Gasteiger charge is 2.45. The summed E-state index contributed by atoms with van der Waals surface area (Å²) in [7, 11) is -5.62. The summed E-state index contributed by atoms with van der Waals surface area (Å²) >= 11 is 0. The van der Waals surface area contributed by atoms with Gasteiger partial charge in [-0.2, -0.15) is 17.2 Å². The average Bonchev–Trinajstić information content (AvgIpc) is 2.34. The van der Waals surface area contributed by atoms with Gasteiger partial charge in [-0.25, -0.2) is 4.79 Å². The van der Waals surface area contributed by atoms with Crippen LogP contribution < -0.4 is 0 Å². The summed E-state index contributed by atoms with van der Waals surface area (Å²) in [5.41, 5.74) is 0.527. The smallest absolute Gasteiger partial charge is 0.402 e. The first-order valence-electron chi connectivity index (χ1n) is 4.92. The molecular weight excluding hydrogens is 282 g/mol. The zero-order valence-electron chi connectivity index (χ0n) is 9.55. The number of rotatable bonds is 5. The maximum atomic E-state index is 12.8. The van der Waals surface area contributed by atoms with Crippen LogP contribution >= 0.6 is 0 Å². The summed E-state index contributed by atoms with van der Waals surface area (Å²) in [5, 5.41) is -4.54. The van der Waals surface area contributed by atoms with Crippen LogP contribution in [0.4, 0.5) is 8.78 Å². The van der Waals surface area contributed by atoms with Gasteiger partial charge in [0.15, 0.2) is 6.61 Å². The second-order valence-corrected chi connectivity index (χ2v) is 5.07. The highest BCUT2D eigenvalue weighted by Crippen LogP contribution is 2.21. The fourth-order valence-corrected chi connectivity index (χ4v) is 1.31. The van der Waals surface area contributed by atoms with E-state index in [1.807, 2.05) is 0 Å². The molecule has 0 heterocycles. The van der Waals surface area contributed by atoms with Crippen molar-refractivity contribution in [3.63, 3.8) is 0 Å². The summed E-state index contributed by atoms with van der Waals surface area (Å²) in [6.07, 6.45) is 1.43. The van der Waals surface area contributed by atoms with Crippen LogP contribution in [-0.4, -0.2) is 30.8 Å². The number of esters is 1. The third-order valence-corrected chi connectivity index (χ3v) is 2.98. The SMILES string of the molecule is C=Cc1cccc(C(=O)OCC(F)(F)S(=O)(=O)O)c1. The Morgan fingerprint density at radius 2 is 2.11 bits per heavy atom. The molecule has 0 spiro atoms. The number of hydrogen-bond acceptors (Lipinski definition) is 4. The van der Waals surface area contributed by atoms with Gasteiger partial charge in [0.2, 0.25) is 0 Å². The highest BCUT2D eigenvalue weighted by molar-refractivity contribution is 7.86. The Morgan fingerprint density at radius 3 is 2.63 bits per heavy atom. The zero-order valence-corrected chi connectivity index (χ0v) is 10.4. The molecule has 5 nitrogen and oxygen atoms in total. The monoisotopic (exact) mass is 292 g/mol. The van der Waals surface area contributed by atoms with Gasteiger partial charge in [0.25, 0.3) is 0 Å². The van der Waals surface area contributed by atoms with E-state index < -0.39 is 27.9 Å². The maximum Gasteiger partial charge on any atom is 0.402 e. The fraction of sp³-hybridized carbons (Fsp3) is 0.182. The van der Waals surface area contributed by atoms with Crippen LogP contribution in [0.2, 0.25) is 0 Å². The number of ether oxygens (including phenoxy) is 1. The molecule has 1 N–H and O–H groups in total. The third-order valence-electron chi connectivity index (χ3n) is 2.11. The molecule has 0 amide bonds. The van der Waals surface area contributed by atoms with E-state index in [4.69, 9.17) is 4.55 Å². The first-order valence-corrected chi connectivity index (χ1v) is 6.36. The summed E-state index contributed by atoms with van der Waals surface area (Å²) < 4.78 is 58.6. The molecule has 0 radical (unpaired) electrons. The number of hydrogen-bond donors (Lipinski definition) is 1. The van der Waals surface area contributed by atoms with Crippen molar-refractivity contribution in [3.05, 3.63) is 42.0 Å². The second-order valence-electron chi connectivity index (χ2n) is 3.52. The number of alkyl halides is 2. The Bertz CT molecular complexity index is 595. The van der Waals surface area contributed by atoms with Gasteiger partial charge in [-0.15, -0.1) is 0 Å². The minimum Gasteiger partial charge on any atom is -0.454 e. The van der Waals surface area contributed by atoms with Crippen LogP contribution in [0.1, 0.15) is 15.9 Å². The lowest BCUT2D eigenvalue weighted by atomic mass is 10.1. The van der Waals surface area contributed by atoms with Crippen LogP contribution in [0.3, 0.4) is 0 Å². The first-order chi connectivity index (χ1) is 8.67. The Morgan fingerprint density at radius 1 is 1.47 bits per heavy atom. The molecule has 1 rings (SSSR count). The molecule has 1 aromatic rings. The van der Waals surface area contributed by atoms with Crippen LogP contribution in [0, 0.1) is 0 Å². The van der Waals surface area contributed by atoms with Crippen LogP contribution in [-0.2, 0) is 14.9 Å². The quantitative estimate of drug-likeness (QED) is 0.663. The first kappa shape index (κ1) is 15.3. The van der Waals surface area contributed by atoms with Crippen LogP contribution in [0.25, 0.3) is 6.08 Å². The molecule has 0 unspecified atom stereocenters. The summed E-state index contributed by atoms with van der Waals surface area (Å²) in [5.74, 6) is -1.13. The summed E-state index contributed by atoms with van der Waals surface area (Å²) in [6.45, 7) is 1.70. The third kappa shape index (κ3) is 3.83. The molecule has 0 fully saturated rings. The van der Waals surface area contributed by atoms with Crippen LogP contribution in [0.5, 0.6) is 0 Å². The summed E-state index contributed by atoms with van der Waals surface area (Å²) in [6, 6.07) is 5.74. The lowest BCUT2D eigenvalue weighted by Gasteiger charge is -2.13. The van der Waals surface area contributed by atoms with Gasteiger partial charge >= 0.3 is 21.3 Å². The molecular formula is C11H10F2O5S. The molecule has 0 aliphatic carbocycles. The van der Waals surface area contributed by atoms with Gasteiger partial charge in [0.05, 0.1) is 5.56 Å². The zero-order chi connectivity index (χ0) is 14.7. The number of benzene rings is 1. The van der Waals surface area contributed by atoms with E-state index in [9.17, 15) is 22.0 Å². The molecule has 19 heavy (non-hydrogen) atoms. The summed E-state index contributed by atoms with van der Waals surface area (Å²) in [4.78, 5) is 11.4. The van der Waals surface area contributed by atoms with Gasteiger partial charge in [0, 0.05) is 0 Å². The molecule has 0 aromatic heterocycles. The van der Waals surface area contributed by atoms with Crippen molar-refractivity contribution in [2.75, 3.05) is 6.61 Å². The number of carbonyl (C=O) groups is 1. The Labute approximate surface area is 108 Å². The number of carbonyl (C=O) groups excluding carboxylic acids is 1. The predicted octanol–water partition coefficient (Wildman–Crippen LogP) is 1.97. The van der Waals surface area contributed by atoms with Gasteiger partial charge < -0.3 is 4.74 Å². The Hall–Kier alpha value is -1.80. The molecule has 0 atom stereocenters. The van der Waals surface area contributed by atoms with E-state index in [1.165, 1.54) is 24.3 Å². The van der Waals surface area contributed by atoms with E-state index in [2.05, 4.69) is 11.3 Å². The molecule has 0 aliphatic heterocycles. The molecule has 8 heteroatoms. The van der Waals surface area contributed by atoms with Crippen molar-refractivity contribution < 1.29 is 31.3 Å². The van der Waals surface area contributed by atoms with Gasteiger partial charge in [-0.1, -0.05) is 24.8 Å². The highest BCUT2D eigenvalue weighted by atomic mass is 32.2. The van der Waals surface area contributed by atoms with E-state index in [-0.39, 0.29) is 5.56 Å². The van der Waals surface area contributed by atoms with E-state index in [0.29, 0.717) is 5.56 Å². The van der Waals surface area contributed by atoms with E-state index >= 15 is 0 Å². The molecule has 1 aromatic carbocycles. The largest absolute Gasteiger partial charge is 0.454 e. The molecule has 0 bridgehead atoms. The van der Waals surface area contributed by atoms with Gasteiger partial charge in [-0.05, 0) is 17.7 Å². The van der Waals surface area contributed by atoms with Crippen molar-refractivity contribution in [3.8, 4) is 0 Å². The standard InChI is InChI=1S/C11H10F2O5S/c1-2-8-4-3-5-9(6-8)10(14)18-7-11(12,13)19(15,16)17/h2-6H,1,7H2,(H,15,16,17). The lowest BCUT2D eigenvalue weighted by Crippen LogP contribution is -2.34.